The molecule has 0 radical (unpaired) electrons. The van der Waals surface area contributed by atoms with Gasteiger partial charge in [0, 0.05) is 57.9 Å². The van der Waals surface area contributed by atoms with Crippen LogP contribution < -0.4 is 5.73 Å². The number of hydrogen-bond acceptors (Lipinski definition) is 8. The molecule has 3 aromatic rings. The number of pyridine rings is 3. The number of nitrogens with zero attached hydrogens (tertiary/aromatic N) is 5. The molecule has 3 rings (SSSR count). The third-order valence-electron chi connectivity index (χ3n) is 4.96. The Hall–Kier alpha value is -3.77. The molecule has 1 unspecified atom stereocenters. The molecular weight excluding hydrogens is 428 g/mol. The van der Waals surface area contributed by atoms with Crippen molar-refractivity contribution in [3.63, 3.8) is 0 Å². The van der Waals surface area contributed by atoms with Crippen LogP contribution in [0.15, 0.2) is 96.6 Å². The molecule has 0 aliphatic rings. The minimum atomic E-state index is -0.665. The van der Waals surface area contributed by atoms with Crippen LogP contribution in [-0.2, 0) is 19.6 Å². The van der Waals surface area contributed by atoms with Crippen molar-refractivity contribution >= 4 is 0 Å². The smallest absolute Gasteiger partial charge is 0.129 e. The Morgan fingerprint density at radius 2 is 1.29 bits per heavy atom. The van der Waals surface area contributed by atoms with E-state index in [9.17, 15) is 5.11 Å². The SMILES string of the molecule is NC(=C=C=CO)CN(Cc1ccccn1)CC(O)CN(Cc1ccccn1)Cc1ccccn1. The van der Waals surface area contributed by atoms with Crippen molar-refractivity contribution in [1.82, 2.24) is 24.8 Å². The summed E-state index contributed by atoms with van der Waals surface area (Å²) in [4.78, 5) is 17.4. The quantitative estimate of drug-likeness (QED) is 0.280. The zero-order valence-corrected chi connectivity index (χ0v) is 19.0. The molecule has 0 saturated heterocycles. The van der Waals surface area contributed by atoms with Gasteiger partial charge in [0.25, 0.3) is 0 Å². The summed E-state index contributed by atoms with van der Waals surface area (Å²) in [5.41, 5.74) is 14.3. The van der Waals surface area contributed by atoms with Crippen LogP contribution in [0.1, 0.15) is 17.1 Å². The summed E-state index contributed by atoms with van der Waals surface area (Å²) < 4.78 is 0. The number of aromatic nitrogens is 3. The van der Waals surface area contributed by atoms with E-state index in [2.05, 4.69) is 31.3 Å². The van der Waals surface area contributed by atoms with Gasteiger partial charge in [-0.3, -0.25) is 24.8 Å². The second kappa shape index (κ2) is 13.7. The molecule has 0 spiro atoms. The van der Waals surface area contributed by atoms with Crippen molar-refractivity contribution in [3.8, 4) is 0 Å². The minimum Gasteiger partial charge on any atom is -0.507 e. The molecule has 34 heavy (non-hydrogen) atoms. The van der Waals surface area contributed by atoms with E-state index in [0.29, 0.717) is 45.0 Å². The zero-order valence-electron chi connectivity index (χ0n) is 19.0. The highest BCUT2D eigenvalue weighted by molar-refractivity contribution is 5.07. The lowest BCUT2D eigenvalue weighted by atomic mass is 10.2. The summed E-state index contributed by atoms with van der Waals surface area (Å²) in [5.74, 6) is 0. The Bertz CT molecular complexity index is 1040. The van der Waals surface area contributed by atoms with Gasteiger partial charge < -0.3 is 15.9 Å². The summed E-state index contributed by atoms with van der Waals surface area (Å²) >= 11 is 0. The van der Waals surface area contributed by atoms with E-state index in [0.717, 1.165) is 23.3 Å². The molecule has 0 amide bonds. The molecule has 0 aliphatic heterocycles. The molecule has 3 heterocycles. The van der Waals surface area contributed by atoms with Crippen LogP contribution in [0.25, 0.3) is 0 Å². The Balaban J connectivity index is 1.72. The van der Waals surface area contributed by atoms with Crippen LogP contribution in [0.3, 0.4) is 0 Å². The van der Waals surface area contributed by atoms with E-state index < -0.39 is 6.10 Å². The van der Waals surface area contributed by atoms with Gasteiger partial charge >= 0.3 is 0 Å². The molecule has 0 saturated carbocycles. The molecule has 0 fully saturated rings. The highest BCUT2D eigenvalue weighted by Gasteiger charge is 2.18. The van der Waals surface area contributed by atoms with Crippen LogP contribution in [-0.4, -0.2) is 60.7 Å². The third kappa shape index (κ3) is 9.00. The highest BCUT2D eigenvalue weighted by Crippen LogP contribution is 2.10. The Labute approximate surface area is 200 Å². The van der Waals surface area contributed by atoms with Gasteiger partial charge in [-0.1, -0.05) is 18.2 Å². The Morgan fingerprint density at radius 1 is 0.824 bits per heavy atom. The minimum absolute atomic E-state index is 0.342. The third-order valence-corrected chi connectivity index (χ3v) is 4.96. The number of aliphatic hydroxyl groups is 2. The zero-order chi connectivity index (χ0) is 24.0. The first-order valence-corrected chi connectivity index (χ1v) is 11.0. The fourth-order valence-corrected chi connectivity index (χ4v) is 3.59. The molecule has 8 heteroatoms. The highest BCUT2D eigenvalue weighted by atomic mass is 16.3. The number of hydrogen-bond donors (Lipinski definition) is 3. The summed E-state index contributed by atoms with van der Waals surface area (Å²) in [6.07, 6.45) is 5.36. The molecule has 176 valence electrons. The lowest BCUT2D eigenvalue weighted by molar-refractivity contribution is 0.0674. The average molecular weight is 459 g/mol. The maximum atomic E-state index is 11.0. The maximum absolute atomic E-state index is 11.0. The van der Waals surface area contributed by atoms with Gasteiger partial charge in [-0.15, -0.1) is 0 Å². The average Bonchev–Trinajstić information content (AvgIpc) is 2.84. The molecule has 3 aromatic heterocycles. The fourth-order valence-electron chi connectivity index (χ4n) is 3.59. The lowest BCUT2D eigenvalue weighted by Crippen LogP contribution is -2.41. The monoisotopic (exact) mass is 458 g/mol. The molecular formula is C26H30N6O2. The fraction of sp³-hybridized carbons (Fsp3) is 0.269. The molecule has 1 atom stereocenters. The van der Waals surface area contributed by atoms with E-state index in [1.807, 2.05) is 59.5 Å². The van der Waals surface area contributed by atoms with E-state index in [-0.39, 0.29) is 0 Å². The molecule has 8 nitrogen and oxygen atoms in total. The van der Waals surface area contributed by atoms with Crippen molar-refractivity contribution in [2.45, 2.75) is 25.7 Å². The molecule has 0 aromatic carbocycles. The molecule has 0 bridgehead atoms. The summed E-state index contributed by atoms with van der Waals surface area (Å²) in [5, 5.41) is 19.9. The van der Waals surface area contributed by atoms with Gasteiger partial charge in [-0.2, -0.15) is 0 Å². The van der Waals surface area contributed by atoms with Crippen molar-refractivity contribution in [2.75, 3.05) is 19.6 Å². The van der Waals surface area contributed by atoms with Gasteiger partial charge in [-0.25, -0.2) is 0 Å². The normalized spacial score (nSPS) is 11.6. The van der Waals surface area contributed by atoms with E-state index in [1.165, 1.54) is 0 Å². The first kappa shape index (κ1) is 24.9. The molecule has 4 N–H and O–H groups in total. The summed E-state index contributed by atoms with van der Waals surface area (Å²) in [6, 6.07) is 17.3. The standard InChI is InChI=1S/C26H30N6O2/c27-22(8-7-15-33)16-31(17-23-9-1-4-12-28-23)20-26(34)21-32(18-24-10-2-5-13-29-24)19-25-11-3-6-14-30-25/h1-6,9-15,26,33-34H,16-21,27H2. The van der Waals surface area contributed by atoms with Gasteiger partial charge in [0.1, 0.15) is 6.26 Å². The van der Waals surface area contributed by atoms with Gasteiger partial charge in [-0.05, 0) is 47.9 Å². The summed E-state index contributed by atoms with van der Waals surface area (Å²) in [7, 11) is 0. The van der Waals surface area contributed by atoms with Crippen molar-refractivity contribution in [3.05, 3.63) is 114 Å². The number of rotatable bonds is 12. The van der Waals surface area contributed by atoms with E-state index in [4.69, 9.17) is 10.8 Å². The summed E-state index contributed by atoms with van der Waals surface area (Å²) in [6.45, 7) is 2.80. The van der Waals surface area contributed by atoms with Crippen molar-refractivity contribution in [2.24, 2.45) is 5.73 Å². The van der Waals surface area contributed by atoms with Crippen LogP contribution >= 0.6 is 0 Å². The van der Waals surface area contributed by atoms with Gasteiger partial charge in [0.15, 0.2) is 0 Å². The topological polar surface area (TPSA) is 112 Å². The first-order valence-electron chi connectivity index (χ1n) is 11.0. The predicted molar refractivity (Wildman–Crippen MR) is 130 cm³/mol. The second-order valence-electron chi connectivity index (χ2n) is 7.88. The second-order valence-corrected chi connectivity index (χ2v) is 7.88. The van der Waals surface area contributed by atoms with Gasteiger partial charge in [0.05, 0.1) is 28.9 Å². The van der Waals surface area contributed by atoms with Crippen LogP contribution in [0.2, 0.25) is 0 Å². The van der Waals surface area contributed by atoms with Crippen molar-refractivity contribution in [1.29, 1.82) is 0 Å². The van der Waals surface area contributed by atoms with Crippen molar-refractivity contribution < 1.29 is 10.2 Å². The largest absolute Gasteiger partial charge is 0.507 e. The predicted octanol–water partition coefficient (Wildman–Crippen LogP) is 2.41. The van der Waals surface area contributed by atoms with E-state index in [1.54, 1.807) is 18.6 Å². The Morgan fingerprint density at radius 3 is 1.74 bits per heavy atom. The first-order chi connectivity index (χ1) is 16.6. The molecule has 0 aliphatic carbocycles. The lowest BCUT2D eigenvalue weighted by Gasteiger charge is -2.28. The van der Waals surface area contributed by atoms with Crippen LogP contribution in [0, 0.1) is 0 Å². The van der Waals surface area contributed by atoms with Crippen LogP contribution in [0.4, 0.5) is 0 Å². The Kier molecular flexibility index (Phi) is 10.0. The maximum Gasteiger partial charge on any atom is 0.129 e. The van der Waals surface area contributed by atoms with E-state index >= 15 is 0 Å². The van der Waals surface area contributed by atoms with Crippen LogP contribution in [0.5, 0.6) is 0 Å². The van der Waals surface area contributed by atoms with Gasteiger partial charge in [0.2, 0.25) is 0 Å². The number of nitrogens with two attached hydrogens (primary N) is 1. The number of aliphatic hydroxyl groups excluding tert-OH is 2.